The van der Waals surface area contributed by atoms with Crippen LogP contribution in [0.2, 0.25) is 0 Å². The summed E-state index contributed by atoms with van der Waals surface area (Å²) in [6.07, 6.45) is 53.0. The van der Waals surface area contributed by atoms with Gasteiger partial charge in [0.15, 0.2) is 6.29 Å². The van der Waals surface area contributed by atoms with Gasteiger partial charge >= 0.3 is 0 Å². The quantitative estimate of drug-likeness (QED) is 0.0261. The fraction of sp³-hybridized carbons (Fsp3) is 0.948. The van der Waals surface area contributed by atoms with Gasteiger partial charge < -0.3 is 40.3 Å². The first-order chi connectivity index (χ1) is 32.8. The molecule has 9 nitrogen and oxygen atoms in total. The van der Waals surface area contributed by atoms with E-state index >= 15 is 0 Å². The second-order valence-electron chi connectivity index (χ2n) is 20.8. The highest BCUT2D eigenvalue weighted by molar-refractivity contribution is 5.76. The maximum absolute atomic E-state index is 13.0. The molecule has 1 fully saturated rings. The topological polar surface area (TPSA) is 149 Å². The molecule has 1 aliphatic heterocycles. The molecule has 7 atom stereocenters. The molecule has 6 N–H and O–H groups in total. The Hall–Kier alpha value is -1.07. The fourth-order valence-corrected chi connectivity index (χ4v) is 9.69. The van der Waals surface area contributed by atoms with E-state index in [0.29, 0.717) is 6.42 Å². The van der Waals surface area contributed by atoms with E-state index in [1.54, 1.807) is 6.08 Å². The number of hydrogen-bond acceptors (Lipinski definition) is 8. The maximum Gasteiger partial charge on any atom is 0.220 e. The lowest BCUT2D eigenvalue weighted by molar-refractivity contribution is -0.302. The third-order valence-electron chi connectivity index (χ3n) is 14.4. The number of ether oxygens (including phenoxy) is 2. The summed E-state index contributed by atoms with van der Waals surface area (Å²) in [4.78, 5) is 13.0. The van der Waals surface area contributed by atoms with Gasteiger partial charge in [-0.15, -0.1) is 0 Å². The first-order valence-corrected chi connectivity index (χ1v) is 29.4. The molecule has 0 aromatic carbocycles. The lowest BCUT2D eigenvalue weighted by Crippen LogP contribution is -2.60. The molecule has 0 spiro atoms. The van der Waals surface area contributed by atoms with Gasteiger partial charge in [-0.05, 0) is 19.3 Å². The normalized spacial score (nSPS) is 19.7. The van der Waals surface area contributed by atoms with Crippen LogP contribution in [0.4, 0.5) is 0 Å². The Bertz CT molecular complexity index is 1060. The Morgan fingerprint density at radius 1 is 0.493 bits per heavy atom. The summed E-state index contributed by atoms with van der Waals surface area (Å²) < 4.78 is 11.3. The molecule has 0 bridgehead atoms. The third kappa shape index (κ3) is 38.3. The van der Waals surface area contributed by atoms with E-state index in [0.717, 1.165) is 38.5 Å². The van der Waals surface area contributed by atoms with Crippen molar-refractivity contribution in [2.45, 2.75) is 339 Å². The molecular weight excluding hydrogens is 839 g/mol. The van der Waals surface area contributed by atoms with Crippen LogP contribution in [-0.4, -0.2) is 87.5 Å². The summed E-state index contributed by atoms with van der Waals surface area (Å²) in [7, 11) is 0. The van der Waals surface area contributed by atoms with Gasteiger partial charge in [-0.25, -0.2) is 0 Å². The maximum atomic E-state index is 13.0. The number of allylic oxidation sites excluding steroid dienone is 1. The molecule has 67 heavy (non-hydrogen) atoms. The standard InChI is InChI=1S/C58H113NO8/c1-3-5-7-9-11-13-15-17-18-19-20-21-22-23-24-25-26-27-28-29-30-31-32-33-34-36-38-40-42-44-46-48-54(62)59-51(50-66-58-57(65)56(64)55(63)53(49-60)67-58)52(61)47-45-43-41-39-37-35-16-14-12-10-8-6-4-2/h45,47,51-53,55-58,60-61,63-65H,3-44,46,48-50H2,1-2H3,(H,59,62)/b47-45+/t51-,52+,53+,55-,56?,57?,58+/m0/s1. The van der Waals surface area contributed by atoms with E-state index in [1.807, 2.05) is 6.08 Å². The summed E-state index contributed by atoms with van der Waals surface area (Å²) in [5, 5.41) is 54.4. The molecule has 9 heteroatoms. The number of aliphatic hydroxyl groups is 5. The highest BCUT2D eigenvalue weighted by Gasteiger charge is 2.44. The van der Waals surface area contributed by atoms with Gasteiger partial charge in [-0.1, -0.05) is 283 Å². The smallest absolute Gasteiger partial charge is 0.220 e. The minimum Gasteiger partial charge on any atom is -0.394 e. The Morgan fingerprint density at radius 3 is 1.16 bits per heavy atom. The van der Waals surface area contributed by atoms with Crippen molar-refractivity contribution in [2.75, 3.05) is 13.2 Å². The second kappa shape index (κ2) is 48.6. The molecule has 1 aliphatic rings. The number of rotatable bonds is 51. The Labute approximate surface area is 414 Å². The van der Waals surface area contributed by atoms with Crippen molar-refractivity contribution in [3.63, 3.8) is 0 Å². The predicted octanol–water partition coefficient (Wildman–Crippen LogP) is 14.4. The minimum absolute atomic E-state index is 0.171. The van der Waals surface area contributed by atoms with Crippen molar-refractivity contribution in [3.8, 4) is 0 Å². The second-order valence-corrected chi connectivity index (χ2v) is 20.8. The Balaban J connectivity index is 2.10. The third-order valence-corrected chi connectivity index (χ3v) is 14.4. The predicted molar refractivity (Wildman–Crippen MR) is 281 cm³/mol. The van der Waals surface area contributed by atoms with E-state index < -0.39 is 49.5 Å². The van der Waals surface area contributed by atoms with Crippen LogP contribution in [0.5, 0.6) is 0 Å². The number of carbonyl (C=O) groups excluding carboxylic acids is 1. The van der Waals surface area contributed by atoms with Crippen molar-refractivity contribution in [3.05, 3.63) is 12.2 Å². The van der Waals surface area contributed by atoms with Gasteiger partial charge in [0.05, 0.1) is 25.4 Å². The molecule has 0 aliphatic carbocycles. The van der Waals surface area contributed by atoms with Crippen LogP contribution >= 0.6 is 0 Å². The van der Waals surface area contributed by atoms with Crippen LogP contribution in [0.3, 0.4) is 0 Å². The first-order valence-electron chi connectivity index (χ1n) is 29.4. The van der Waals surface area contributed by atoms with E-state index in [4.69, 9.17) is 9.47 Å². The molecule has 1 amide bonds. The van der Waals surface area contributed by atoms with E-state index in [9.17, 15) is 30.3 Å². The molecule has 398 valence electrons. The van der Waals surface area contributed by atoms with Gasteiger partial charge in [-0.3, -0.25) is 4.79 Å². The van der Waals surface area contributed by atoms with E-state index in [-0.39, 0.29) is 12.5 Å². The molecular formula is C58H113NO8. The van der Waals surface area contributed by atoms with Gasteiger partial charge in [0.2, 0.25) is 5.91 Å². The summed E-state index contributed by atoms with van der Waals surface area (Å²) >= 11 is 0. The fourth-order valence-electron chi connectivity index (χ4n) is 9.69. The molecule has 1 saturated heterocycles. The van der Waals surface area contributed by atoms with E-state index in [2.05, 4.69) is 19.2 Å². The minimum atomic E-state index is -1.56. The summed E-state index contributed by atoms with van der Waals surface area (Å²) in [5.74, 6) is -0.171. The number of carbonyl (C=O) groups is 1. The van der Waals surface area contributed by atoms with Crippen molar-refractivity contribution in [1.82, 2.24) is 5.32 Å². The average molecular weight is 953 g/mol. The monoisotopic (exact) mass is 952 g/mol. The van der Waals surface area contributed by atoms with Crippen LogP contribution in [0, 0.1) is 0 Å². The number of unbranched alkanes of at least 4 members (excludes halogenated alkanes) is 41. The summed E-state index contributed by atoms with van der Waals surface area (Å²) in [5.41, 5.74) is 0. The van der Waals surface area contributed by atoms with Crippen molar-refractivity contribution in [2.24, 2.45) is 0 Å². The zero-order chi connectivity index (χ0) is 48.7. The number of amides is 1. The molecule has 0 saturated carbocycles. The number of aliphatic hydroxyl groups excluding tert-OH is 5. The van der Waals surface area contributed by atoms with Gasteiger partial charge in [0.1, 0.15) is 24.4 Å². The van der Waals surface area contributed by atoms with E-state index in [1.165, 1.54) is 238 Å². The van der Waals surface area contributed by atoms with Crippen molar-refractivity contribution >= 4 is 5.91 Å². The van der Waals surface area contributed by atoms with Crippen molar-refractivity contribution in [1.29, 1.82) is 0 Å². The zero-order valence-electron chi connectivity index (χ0n) is 44.2. The largest absolute Gasteiger partial charge is 0.394 e. The number of hydrogen-bond donors (Lipinski definition) is 6. The Kier molecular flexibility index (Phi) is 46.3. The highest BCUT2D eigenvalue weighted by atomic mass is 16.7. The van der Waals surface area contributed by atoms with Crippen LogP contribution in [0.1, 0.15) is 296 Å². The van der Waals surface area contributed by atoms with Crippen LogP contribution in [0.15, 0.2) is 12.2 Å². The molecule has 1 heterocycles. The number of nitrogens with one attached hydrogen (secondary N) is 1. The lowest BCUT2D eigenvalue weighted by Gasteiger charge is -2.40. The Morgan fingerprint density at radius 2 is 0.821 bits per heavy atom. The molecule has 2 unspecified atom stereocenters. The SMILES string of the molecule is CCCCCCCCCCCCC/C=C/[C@@H](O)[C@H](CO[C@@H]1O[C@H](CO)[C@H](O)C(O)C1O)NC(=O)CCCCCCCCCCCCCCCCCCCCCCCCCCCCCCCCC. The first kappa shape index (κ1) is 63.9. The molecule has 0 aromatic heterocycles. The highest BCUT2D eigenvalue weighted by Crippen LogP contribution is 2.23. The van der Waals surface area contributed by atoms with Crippen LogP contribution in [0.25, 0.3) is 0 Å². The summed E-state index contributed by atoms with van der Waals surface area (Å²) in [6, 6.07) is -0.799. The molecule has 0 radical (unpaired) electrons. The van der Waals surface area contributed by atoms with Gasteiger partial charge in [0.25, 0.3) is 0 Å². The zero-order valence-corrected chi connectivity index (χ0v) is 44.2. The lowest BCUT2D eigenvalue weighted by atomic mass is 9.99. The van der Waals surface area contributed by atoms with Crippen molar-refractivity contribution < 1.29 is 39.8 Å². The average Bonchev–Trinajstić information content (AvgIpc) is 3.33. The van der Waals surface area contributed by atoms with Gasteiger partial charge in [-0.2, -0.15) is 0 Å². The molecule has 1 rings (SSSR count). The van der Waals surface area contributed by atoms with Crippen LogP contribution < -0.4 is 5.32 Å². The summed E-state index contributed by atoms with van der Waals surface area (Å²) in [6.45, 7) is 3.81. The molecule has 0 aromatic rings. The van der Waals surface area contributed by atoms with Gasteiger partial charge in [0, 0.05) is 6.42 Å². The van der Waals surface area contributed by atoms with Crippen LogP contribution in [-0.2, 0) is 14.3 Å².